The number of benzene rings is 1. The molecular weight excluding hydrogens is 194 g/mol. The number of hydrogen-bond acceptors (Lipinski definition) is 3. The van der Waals surface area contributed by atoms with Gasteiger partial charge in [0.2, 0.25) is 5.91 Å². The SMILES string of the molecule is CC(C)C(=O)n1c(=O)oc2ccccc21. The Labute approximate surface area is 86.1 Å². The summed E-state index contributed by atoms with van der Waals surface area (Å²) >= 11 is 0. The molecule has 0 atom stereocenters. The average Bonchev–Trinajstić information content (AvgIpc) is 2.52. The second kappa shape index (κ2) is 3.38. The third-order valence-electron chi connectivity index (χ3n) is 2.20. The number of nitrogens with zero attached hydrogens (tertiary/aromatic N) is 1. The monoisotopic (exact) mass is 205 g/mol. The number of aromatic nitrogens is 1. The molecule has 2 aromatic rings. The fourth-order valence-corrected chi connectivity index (χ4v) is 1.43. The maximum atomic E-state index is 11.7. The van der Waals surface area contributed by atoms with Crippen LogP contribution in [0.4, 0.5) is 0 Å². The van der Waals surface area contributed by atoms with E-state index < -0.39 is 5.76 Å². The first-order valence-corrected chi connectivity index (χ1v) is 4.76. The highest BCUT2D eigenvalue weighted by molar-refractivity contribution is 5.89. The van der Waals surface area contributed by atoms with Gasteiger partial charge in [0.15, 0.2) is 5.58 Å². The molecule has 4 nitrogen and oxygen atoms in total. The van der Waals surface area contributed by atoms with E-state index >= 15 is 0 Å². The van der Waals surface area contributed by atoms with Crippen molar-refractivity contribution in [1.82, 2.24) is 4.57 Å². The van der Waals surface area contributed by atoms with Gasteiger partial charge in [0.05, 0.1) is 5.52 Å². The number of rotatable bonds is 1. The summed E-state index contributed by atoms with van der Waals surface area (Å²) < 4.78 is 6.04. The molecule has 0 fully saturated rings. The Morgan fingerprint density at radius 3 is 2.67 bits per heavy atom. The molecule has 0 saturated heterocycles. The first-order valence-electron chi connectivity index (χ1n) is 4.76. The maximum absolute atomic E-state index is 11.7. The zero-order chi connectivity index (χ0) is 11.0. The minimum Gasteiger partial charge on any atom is -0.407 e. The van der Waals surface area contributed by atoms with Crippen LogP contribution in [0.5, 0.6) is 0 Å². The fraction of sp³-hybridized carbons (Fsp3) is 0.273. The second-order valence-corrected chi connectivity index (χ2v) is 3.66. The molecule has 0 spiro atoms. The Hall–Kier alpha value is -1.84. The third kappa shape index (κ3) is 1.48. The zero-order valence-electron chi connectivity index (χ0n) is 8.56. The topological polar surface area (TPSA) is 52.2 Å². The van der Waals surface area contributed by atoms with Crippen LogP contribution in [-0.4, -0.2) is 10.5 Å². The normalized spacial score (nSPS) is 11.1. The molecule has 0 amide bonds. The number of hydrogen-bond donors (Lipinski definition) is 0. The van der Waals surface area contributed by atoms with E-state index in [9.17, 15) is 9.59 Å². The highest BCUT2D eigenvalue weighted by Gasteiger charge is 2.17. The second-order valence-electron chi connectivity index (χ2n) is 3.66. The number of para-hydroxylation sites is 2. The Balaban J connectivity index is 2.75. The van der Waals surface area contributed by atoms with Gasteiger partial charge in [0.1, 0.15) is 0 Å². The zero-order valence-corrected chi connectivity index (χ0v) is 8.56. The fourth-order valence-electron chi connectivity index (χ4n) is 1.43. The van der Waals surface area contributed by atoms with Crippen molar-refractivity contribution in [2.24, 2.45) is 5.92 Å². The highest BCUT2D eigenvalue weighted by atomic mass is 16.4. The lowest BCUT2D eigenvalue weighted by atomic mass is 10.2. The van der Waals surface area contributed by atoms with Crippen LogP contribution in [0, 0.1) is 5.92 Å². The van der Waals surface area contributed by atoms with Crippen LogP contribution in [-0.2, 0) is 0 Å². The summed E-state index contributed by atoms with van der Waals surface area (Å²) in [7, 11) is 0. The van der Waals surface area contributed by atoms with Crippen molar-refractivity contribution in [2.75, 3.05) is 0 Å². The van der Waals surface area contributed by atoms with E-state index in [-0.39, 0.29) is 11.8 Å². The lowest BCUT2D eigenvalue weighted by Crippen LogP contribution is -2.26. The van der Waals surface area contributed by atoms with E-state index in [1.165, 1.54) is 0 Å². The van der Waals surface area contributed by atoms with E-state index in [0.717, 1.165) is 4.57 Å². The van der Waals surface area contributed by atoms with Crippen LogP contribution in [0.25, 0.3) is 11.1 Å². The van der Waals surface area contributed by atoms with Crippen molar-refractivity contribution < 1.29 is 9.21 Å². The van der Waals surface area contributed by atoms with E-state index in [4.69, 9.17) is 4.42 Å². The van der Waals surface area contributed by atoms with E-state index in [2.05, 4.69) is 0 Å². The highest BCUT2D eigenvalue weighted by Crippen LogP contribution is 2.13. The summed E-state index contributed by atoms with van der Waals surface area (Å²) in [5.41, 5.74) is 0.970. The van der Waals surface area contributed by atoms with Crippen LogP contribution >= 0.6 is 0 Å². The van der Waals surface area contributed by atoms with Gasteiger partial charge in [-0.15, -0.1) is 0 Å². The standard InChI is InChI=1S/C11H11NO3/c1-7(2)10(13)12-8-5-3-4-6-9(8)15-11(12)14/h3-7H,1-2H3. The third-order valence-corrected chi connectivity index (χ3v) is 2.20. The molecule has 0 radical (unpaired) electrons. The van der Waals surface area contributed by atoms with Crippen molar-refractivity contribution in [1.29, 1.82) is 0 Å². The molecule has 1 heterocycles. The van der Waals surface area contributed by atoms with Crippen molar-refractivity contribution >= 4 is 17.0 Å². The molecule has 0 aliphatic heterocycles. The van der Waals surface area contributed by atoms with Crippen molar-refractivity contribution in [2.45, 2.75) is 13.8 Å². The van der Waals surface area contributed by atoms with E-state index in [1.807, 2.05) is 0 Å². The summed E-state index contributed by atoms with van der Waals surface area (Å²) in [4.78, 5) is 23.2. The molecule has 4 heteroatoms. The van der Waals surface area contributed by atoms with Crippen LogP contribution in [0.15, 0.2) is 33.5 Å². The van der Waals surface area contributed by atoms with Crippen LogP contribution < -0.4 is 5.76 Å². The molecule has 15 heavy (non-hydrogen) atoms. The predicted molar refractivity (Wildman–Crippen MR) is 55.9 cm³/mol. The van der Waals surface area contributed by atoms with Crippen molar-refractivity contribution in [3.05, 3.63) is 34.8 Å². The number of oxazole rings is 1. The van der Waals surface area contributed by atoms with Crippen molar-refractivity contribution in [3.63, 3.8) is 0 Å². The van der Waals surface area contributed by atoms with Crippen LogP contribution in [0.3, 0.4) is 0 Å². The molecule has 0 aliphatic carbocycles. The Morgan fingerprint density at radius 1 is 1.33 bits per heavy atom. The van der Waals surface area contributed by atoms with Gasteiger partial charge in [-0.05, 0) is 12.1 Å². The van der Waals surface area contributed by atoms with Gasteiger partial charge in [0.25, 0.3) is 0 Å². The molecule has 1 aromatic carbocycles. The minimum absolute atomic E-state index is 0.233. The van der Waals surface area contributed by atoms with Gasteiger partial charge in [0, 0.05) is 5.92 Å². The molecule has 78 valence electrons. The van der Waals surface area contributed by atoms with Gasteiger partial charge in [-0.25, -0.2) is 9.36 Å². The van der Waals surface area contributed by atoms with Gasteiger partial charge in [-0.3, -0.25) is 4.79 Å². The summed E-state index contributed by atoms with van der Waals surface area (Å²) in [5, 5.41) is 0. The molecule has 2 rings (SSSR count). The van der Waals surface area contributed by atoms with E-state index in [1.54, 1.807) is 38.1 Å². The summed E-state index contributed by atoms with van der Waals surface area (Å²) in [6, 6.07) is 6.89. The van der Waals surface area contributed by atoms with Crippen LogP contribution in [0.1, 0.15) is 18.6 Å². The minimum atomic E-state index is -0.616. The van der Waals surface area contributed by atoms with E-state index in [0.29, 0.717) is 11.1 Å². The molecule has 0 aliphatic rings. The average molecular weight is 205 g/mol. The molecular formula is C11H11NO3. The Kier molecular flexibility index (Phi) is 2.19. The Bertz CT molecular complexity index is 562. The van der Waals surface area contributed by atoms with Gasteiger partial charge in [-0.2, -0.15) is 0 Å². The summed E-state index contributed by atoms with van der Waals surface area (Å²) in [5.74, 6) is -1.09. The number of carbonyl (C=O) groups is 1. The van der Waals surface area contributed by atoms with Gasteiger partial charge >= 0.3 is 5.76 Å². The first kappa shape index (κ1) is 9.71. The number of carbonyl (C=O) groups excluding carboxylic acids is 1. The summed E-state index contributed by atoms with van der Waals surface area (Å²) in [6.45, 7) is 3.49. The lowest BCUT2D eigenvalue weighted by molar-refractivity contribution is 0.0851. The summed E-state index contributed by atoms with van der Waals surface area (Å²) in [6.07, 6.45) is 0. The quantitative estimate of drug-likeness (QED) is 0.714. The molecule has 0 bridgehead atoms. The smallest absolute Gasteiger partial charge is 0.407 e. The largest absolute Gasteiger partial charge is 0.426 e. The van der Waals surface area contributed by atoms with Crippen molar-refractivity contribution in [3.8, 4) is 0 Å². The molecule has 0 unspecified atom stereocenters. The van der Waals surface area contributed by atoms with Gasteiger partial charge in [-0.1, -0.05) is 26.0 Å². The van der Waals surface area contributed by atoms with Crippen LogP contribution in [0.2, 0.25) is 0 Å². The lowest BCUT2D eigenvalue weighted by Gasteiger charge is -2.02. The predicted octanol–water partition coefficient (Wildman–Crippen LogP) is 1.89. The first-order chi connectivity index (χ1) is 7.11. The Morgan fingerprint density at radius 2 is 2.00 bits per heavy atom. The molecule has 1 aromatic heterocycles. The number of fused-ring (bicyclic) bond motifs is 1. The molecule has 0 N–H and O–H groups in total. The molecule has 0 saturated carbocycles. The van der Waals surface area contributed by atoms with Gasteiger partial charge < -0.3 is 4.42 Å². The maximum Gasteiger partial charge on any atom is 0.426 e.